The van der Waals surface area contributed by atoms with Crippen LogP contribution in [-0.2, 0) is 22.3 Å². The highest BCUT2D eigenvalue weighted by Crippen LogP contribution is 2.28. The zero-order valence-electron chi connectivity index (χ0n) is 18.4. The minimum absolute atomic E-state index is 0.196. The molecule has 1 aromatic heterocycles. The van der Waals surface area contributed by atoms with Crippen molar-refractivity contribution in [1.29, 1.82) is 0 Å². The van der Waals surface area contributed by atoms with E-state index in [0.29, 0.717) is 12.5 Å². The first kappa shape index (κ1) is 21.6. The molecular weight excluding hydrogens is 368 g/mol. The average molecular weight is 403 g/mol. The zero-order chi connectivity index (χ0) is 21.0. The summed E-state index contributed by atoms with van der Waals surface area (Å²) in [4.78, 5) is 14.0. The van der Waals surface area contributed by atoms with Crippen LogP contribution in [0.5, 0.6) is 0 Å². The highest BCUT2D eigenvalue weighted by Gasteiger charge is 2.27. The maximum absolute atomic E-state index is 12.2. The third kappa shape index (κ3) is 5.50. The Morgan fingerprint density at radius 3 is 2.62 bits per heavy atom. The van der Waals surface area contributed by atoms with Crippen LogP contribution in [0.15, 0.2) is 16.7 Å². The van der Waals surface area contributed by atoms with E-state index < -0.39 is 5.60 Å². The first-order chi connectivity index (χ1) is 13.8. The number of amides is 1. The predicted octanol–water partition coefficient (Wildman–Crippen LogP) is 4.90. The number of methoxy groups -OCH3 is 1. The lowest BCUT2D eigenvalue weighted by Crippen LogP contribution is -2.41. The third-order valence-corrected chi connectivity index (χ3v) is 5.71. The molecule has 0 atom stereocenters. The van der Waals surface area contributed by atoms with Crippen LogP contribution in [0.3, 0.4) is 0 Å². The van der Waals surface area contributed by atoms with E-state index in [4.69, 9.17) is 14.0 Å². The number of aryl methyl sites for hydroxylation is 2. The molecule has 6 heteroatoms. The van der Waals surface area contributed by atoms with Crippen molar-refractivity contribution < 1.29 is 18.8 Å². The second-order valence-electron chi connectivity index (χ2n) is 9.05. The van der Waals surface area contributed by atoms with E-state index in [0.717, 1.165) is 67.4 Å². The lowest BCUT2D eigenvalue weighted by molar-refractivity contribution is 0.0181. The second kappa shape index (κ2) is 9.16. The van der Waals surface area contributed by atoms with E-state index in [2.05, 4.69) is 24.2 Å². The molecule has 3 rings (SSSR count). The number of hydrogen-bond donors (Lipinski definition) is 0. The van der Waals surface area contributed by atoms with E-state index >= 15 is 0 Å². The van der Waals surface area contributed by atoms with Gasteiger partial charge >= 0.3 is 6.09 Å². The van der Waals surface area contributed by atoms with Crippen LogP contribution >= 0.6 is 0 Å². The molecule has 1 aliphatic heterocycles. The smallest absolute Gasteiger partial charge is 0.410 e. The number of ether oxygens (including phenoxy) is 2. The van der Waals surface area contributed by atoms with Gasteiger partial charge in [0, 0.05) is 25.6 Å². The molecule has 29 heavy (non-hydrogen) atoms. The summed E-state index contributed by atoms with van der Waals surface area (Å²) in [6, 6.07) is 4.29. The van der Waals surface area contributed by atoms with Gasteiger partial charge in [-0.25, -0.2) is 4.79 Å². The van der Waals surface area contributed by atoms with Crippen LogP contribution in [0, 0.1) is 12.8 Å². The van der Waals surface area contributed by atoms with Crippen LogP contribution < -0.4 is 0 Å². The van der Waals surface area contributed by atoms with Crippen LogP contribution in [0.2, 0.25) is 0 Å². The Bertz CT molecular complexity index is 829. The first-order valence-electron chi connectivity index (χ1n) is 10.6. The SMILES string of the molecule is COCCc1ccc2c(CCC3CCN(C(=O)OC(C)(C)C)CC3)noc2c1C. The average Bonchev–Trinajstić information content (AvgIpc) is 3.09. The molecule has 1 aliphatic rings. The molecule has 2 heterocycles. The molecule has 0 N–H and O–H groups in total. The monoisotopic (exact) mass is 402 g/mol. The number of carbonyl (C=O) groups excluding carboxylic acids is 1. The Morgan fingerprint density at radius 1 is 1.24 bits per heavy atom. The number of carbonyl (C=O) groups is 1. The molecule has 0 bridgehead atoms. The molecule has 1 aromatic carbocycles. The lowest BCUT2D eigenvalue weighted by atomic mass is 9.91. The van der Waals surface area contributed by atoms with E-state index in [1.54, 1.807) is 7.11 Å². The molecule has 0 radical (unpaired) electrons. The molecule has 1 fully saturated rings. The van der Waals surface area contributed by atoms with Crippen molar-refractivity contribution in [2.24, 2.45) is 5.92 Å². The standard InChI is InChI=1S/C23H34N2O4/c1-16-18(12-15-27-5)7-8-19-20(24-29-21(16)19)9-6-17-10-13-25(14-11-17)22(26)28-23(2,3)4/h7-8,17H,6,9-15H2,1-5H3. The van der Waals surface area contributed by atoms with Gasteiger partial charge in [0.05, 0.1) is 12.3 Å². The highest BCUT2D eigenvalue weighted by atomic mass is 16.6. The fraction of sp³-hybridized carbons (Fsp3) is 0.652. The Hall–Kier alpha value is -2.08. The predicted molar refractivity (Wildman–Crippen MR) is 113 cm³/mol. The van der Waals surface area contributed by atoms with Crippen LogP contribution in [0.4, 0.5) is 4.79 Å². The van der Waals surface area contributed by atoms with Crippen molar-refractivity contribution >= 4 is 17.1 Å². The Labute approximate surface area is 173 Å². The van der Waals surface area contributed by atoms with Gasteiger partial charge in [0.25, 0.3) is 0 Å². The number of hydrogen-bond acceptors (Lipinski definition) is 5. The van der Waals surface area contributed by atoms with Gasteiger partial charge in [0.15, 0.2) is 5.58 Å². The molecular formula is C23H34N2O4. The van der Waals surface area contributed by atoms with Gasteiger partial charge < -0.3 is 18.9 Å². The van der Waals surface area contributed by atoms with Crippen molar-refractivity contribution in [3.63, 3.8) is 0 Å². The minimum atomic E-state index is -0.441. The van der Waals surface area contributed by atoms with Gasteiger partial charge in [-0.15, -0.1) is 0 Å². The second-order valence-corrected chi connectivity index (χ2v) is 9.05. The van der Waals surface area contributed by atoms with Gasteiger partial charge in [-0.2, -0.15) is 0 Å². The maximum atomic E-state index is 12.2. The van der Waals surface area contributed by atoms with Gasteiger partial charge in [0.1, 0.15) is 5.60 Å². The normalized spacial score (nSPS) is 15.8. The molecule has 0 saturated carbocycles. The van der Waals surface area contributed by atoms with Crippen molar-refractivity contribution in [3.8, 4) is 0 Å². The Balaban J connectivity index is 1.54. The molecule has 0 unspecified atom stereocenters. The van der Waals surface area contributed by atoms with E-state index in [1.165, 1.54) is 5.56 Å². The maximum Gasteiger partial charge on any atom is 0.410 e. The quantitative estimate of drug-likeness (QED) is 0.687. The molecule has 160 valence electrons. The first-order valence-corrected chi connectivity index (χ1v) is 10.6. The summed E-state index contributed by atoms with van der Waals surface area (Å²) in [5.74, 6) is 0.600. The number of rotatable bonds is 6. The molecule has 0 spiro atoms. The summed E-state index contributed by atoms with van der Waals surface area (Å²) in [5, 5.41) is 5.47. The molecule has 0 aliphatic carbocycles. The van der Waals surface area contributed by atoms with Gasteiger partial charge in [-0.05, 0) is 82.9 Å². The lowest BCUT2D eigenvalue weighted by Gasteiger charge is -2.33. The van der Waals surface area contributed by atoms with Crippen molar-refractivity contribution in [2.75, 3.05) is 26.8 Å². The number of aromatic nitrogens is 1. The van der Waals surface area contributed by atoms with E-state index in [-0.39, 0.29) is 6.09 Å². The summed E-state index contributed by atoms with van der Waals surface area (Å²) < 4.78 is 16.3. The number of piperidine rings is 1. The topological polar surface area (TPSA) is 64.8 Å². The number of likely N-dealkylation sites (tertiary alicyclic amines) is 1. The summed E-state index contributed by atoms with van der Waals surface area (Å²) in [6.45, 7) is 10.0. The van der Waals surface area contributed by atoms with Gasteiger partial charge in [-0.3, -0.25) is 0 Å². The Morgan fingerprint density at radius 2 is 1.97 bits per heavy atom. The van der Waals surface area contributed by atoms with Crippen LogP contribution in [0.25, 0.3) is 11.0 Å². The van der Waals surface area contributed by atoms with E-state index in [1.807, 2.05) is 25.7 Å². The van der Waals surface area contributed by atoms with Crippen molar-refractivity contribution in [2.45, 2.75) is 65.4 Å². The largest absolute Gasteiger partial charge is 0.444 e. The van der Waals surface area contributed by atoms with Crippen LogP contribution in [0.1, 0.15) is 56.9 Å². The highest BCUT2D eigenvalue weighted by molar-refractivity contribution is 5.83. The molecule has 1 amide bonds. The van der Waals surface area contributed by atoms with Gasteiger partial charge in [0.2, 0.25) is 0 Å². The fourth-order valence-electron chi connectivity index (χ4n) is 3.96. The fourth-order valence-corrected chi connectivity index (χ4v) is 3.96. The number of nitrogens with zero attached hydrogens (tertiary/aromatic N) is 2. The Kier molecular flexibility index (Phi) is 6.83. The molecule has 6 nitrogen and oxygen atoms in total. The summed E-state index contributed by atoms with van der Waals surface area (Å²) in [6.07, 6.45) is 4.67. The summed E-state index contributed by atoms with van der Waals surface area (Å²) in [7, 11) is 1.72. The van der Waals surface area contributed by atoms with Crippen molar-refractivity contribution in [3.05, 3.63) is 29.0 Å². The van der Waals surface area contributed by atoms with E-state index in [9.17, 15) is 4.79 Å². The number of benzene rings is 1. The van der Waals surface area contributed by atoms with Crippen LogP contribution in [-0.4, -0.2) is 48.6 Å². The molecule has 1 saturated heterocycles. The van der Waals surface area contributed by atoms with Gasteiger partial charge in [-0.1, -0.05) is 11.2 Å². The summed E-state index contributed by atoms with van der Waals surface area (Å²) in [5.41, 5.74) is 3.90. The minimum Gasteiger partial charge on any atom is -0.444 e. The third-order valence-electron chi connectivity index (χ3n) is 5.71. The molecule has 2 aromatic rings. The summed E-state index contributed by atoms with van der Waals surface area (Å²) >= 11 is 0. The zero-order valence-corrected chi connectivity index (χ0v) is 18.4. The number of fused-ring (bicyclic) bond motifs is 1. The van der Waals surface area contributed by atoms with Crippen molar-refractivity contribution in [1.82, 2.24) is 10.1 Å².